The van der Waals surface area contributed by atoms with Crippen LogP contribution in [-0.4, -0.2) is 27.4 Å². The van der Waals surface area contributed by atoms with Gasteiger partial charge in [0.1, 0.15) is 5.82 Å². The van der Waals surface area contributed by atoms with Crippen LogP contribution in [0.15, 0.2) is 12.1 Å². The first-order valence-corrected chi connectivity index (χ1v) is 4.74. The van der Waals surface area contributed by atoms with Crippen LogP contribution >= 0.6 is 0 Å². The Morgan fingerprint density at radius 2 is 2.07 bits per heavy atom. The Morgan fingerprint density at radius 3 is 2.57 bits per heavy atom. The minimum atomic E-state index is -0.634. The minimum absolute atomic E-state index is 0.634. The van der Waals surface area contributed by atoms with Gasteiger partial charge in [0.15, 0.2) is 0 Å². The van der Waals surface area contributed by atoms with Crippen LogP contribution in [-0.2, 0) is 0 Å². The summed E-state index contributed by atoms with van der Waals surface area (Å²) in [6.45, 7) is 6.17. The van der Waals surface area contributed by atoms with E-state index >= 15 is 0 Å². The highest BCUT2D eigenvalue weighted by atomic mass is 16.3. The Hall–Kier alpha value is -1.16. The standard InChI is InChI=1S/C10H17N3O/c1-8-4-5-9(13-12-8)11-7-6-10(2,3)14/h4-5,14H,6-7H2,1-3H3,(H,11,13). The molecule has 0 radical (unpaired) electrons. The summed E-state index contributed by atoms with van der Waals surface area (Å²) in [7, 11) is 0. The van der Waals surface area contributed by atoms with Crippen LogP contribution in [0, 0.1) is 6.92 Å². The van der Waals surface area contributed by atoms with Crippen LogP contribution < -0.4 is 5.32 Å². The maximum absolute atomic E-state index is 9.46. The largest absolute Gasteiger partial charge is 0.390 e. The lowest BCUT2D eigenvalue weighted by Gasteiger charge is -2.16. The Labute approximate surface area is 84.4 Å². The minimum Gasteiger partial charge on any atom is -0.390 e. The van der Waals surface area contributed by atoms with Crippen molar-refractivity contribution in [3.63, 3.8) is 0 Å². The lowest BCUT2D eigenvalue weighted by molar-refractivity contribution is 0.0748. The maximum Gasteiger partial charge on any atom is 0.148 e. The normalized spacial score (nSPS) is 11.4. The fraction of sp³-hybridized carbons (Fsp3) is 0.600. The molecule has 0 saturated heterocycles. The van der Waals surface area contributed by atoms with Crippen LogP contribution in [0.3, 0.4) is 0 Å². The number of anilines is 1. The van der Waals surface area contributed by atoms with Crippen molar-refractivity contribution in [1.82, 2.24) is 10.2 Å². The molecule has 0 aromatic carbocycles. The Morgan fingerprint density at radius 1 is 1.36 bits per heavy atom. The highest BCUT2D eigenvalue weighted by Gasteiger charge is 2.11. The van der Waals surface area contributed by atoms with E-state index in [4.69, 9.17) is 0 Å². The van der Waals surface area contributed by atoms with Gasteiger partial charge in [-0.2, -0.15) is 5.10 Å². The molecule has 4 heteroatoms. The number of rotatable bonds is 4. The SMILES string of the molecule is Cc1ccc(NCCC(C)(C)O)nn1. The van der Waals surface area contributed by atoms with Crippen molar-refractivity contribution in [1.29, 1.82) is 0 Å². The molecule has 0 aliphatic heterocycles. The molecule has 0 aliphatic carbocycles. The molecule has 0 bridgehead atoms. The Balaban J connectivity index is 2.35. The highest BCUT2D eigenvalue weighted by Crippen LogP contribution is 2.08. The molecule has 0 spiro atoms. The average Bonchev–Trinajstić information content (AvgIpc) is 2.06. The summed E-state index contributed by atoms with van der Waals surface area (Å²) < 4.78 is 0. The molecule has 78 valence electrons. The maximum atomic E-state index is 9.46. The molecule has 0 unspecified atom stereocenters. The van der Waals surface area contributed by atoms with E-state index in [2.05, 4.69) is 15.5 Å². The third-order valence-electron chi connectivity index (χ3n) is 1.84. The molecule has 0 saturated carbocycles. The quantitative estimate of drug-likeness (QED) is 0.761. The van der Waals surface area contributed by atoms with Gasteiger partial charge in [0, 0.05) is 6.54 Å². The summed E-state index contributed by atoms with van der Waals surface area (Å²) in [4.78, 5) is 0. The van der Waals surface area contributed by atoms with E-state index in [1.807, 2.05) is 19.1 Å². The van der Waals surface area contributed by atoms with Gasteiger partial charge in [-0.25, -0.2) is 0 Å². The molecule has 1 aromatic heterocycles. The second-order valence-corrected chi connectivity index (χ2v) is 4.05. The van der Waals surface area contributed by atoms with Gasteiger partial charge in [-0.3, -0.25) is 0 Å². The van der Waals surface area contributed by atoms with Gasteiger partial charge in [-0.15, -0.1) is 5.10 Å². The lowest BCUT2D eigenvalue weighted by atomic mass is 10.1. The van der Waals surface area contributed by atoms with Crippen molar-refractivity contribution in [2.24, 2.45) is 0 Å². The second-order valence-electron chi connectivity index (χ2n) is 4.05. The highest BCUT2D eigenvalue weighted by molar-refractivity contribution is 5.32. The van der Waals surface area contributed by atoms with Crippen LogP contribution in [0.25, 0.3) is 0 Å². The number of aliphatic hydroxyl groups is 1. The van der Waals surface area contributed by atoms with Gasteiger partial charge in [0.05, 0.1) is 11.3 Å². The zero-order valence-corrected chi connectivity index (χ0v) is 8.91. The van der Waals surface area contributed by atoms with Crippen molar-refractivity contribution in [3.8, 4) is 0 Å². The number of aryl methyl sites for hydroxylation is 1. The van der Waals surface area contributed by atoms with E-state index in [1.165, 1.54) is 0 Å². The van der Waals surface area contributed by atoms with Crippen LogP contribution in [0.5, 0.6) is 0 Å². The predicted molar refractivity (Wildman–Crippen MR) is 56.2 cm³/mol. The van der Waals surface area contributed by atoms with E-state index in [0.717, 1.165) is 11.5 Å². The van der Waals surface area contributed by atoms with E-state index in [1.54, 1.807) is 13.8 Å². The van der Waals surface area contributed by atoms with Gasteiger partial charge in [-0.1, -0.05) is 0 Å². The molecule has 1 rings (SSSR count). The van der Waals surface area contributed by atoms with Crippen molar-refractivity contribution in [3.05, 3.63) is 17.8 Å². The van der Waals surface area contributed by atoms with Crippen molar-refractivity contribution >= 4 is 5.82 Å². The van der Waals surface area contributed by atoms with Gasteiger partial charge in [-0.05, 0) is 39.3 Å². The first-order chi connectivity index (χ1) is 6.47. The van der Waals surface area contributed by atoms with Crippen LogP contribution in [0.4, 0.5) is 5.82 Å². The number of aromatic nitrogens is 2. The van der Waals surface area contributed by atoms with Gasteiger partial charge >= 0.3 is 0 Å². The molecular formula is C10H17N3O. The molecular weight excluding hydrogens is 178 g/mol. The van der Waals surface area contributed by atoms with Crippen molar-refractivity contribution in [2.75, 3.05) is 11.9 Å². The summed E-state index contributed by atoms with van der Waals surface area (Å²) in [6, 6.07) is 3.78. The molecule has 2 N–H and O–H groups in total. The fourth-order valence-corrected chi connectivity index (χ4v) is 0.990. The molecule has 0 aliphatic rings. The summed E-state index contributed by atoms with van der Waals surface area (Å²) >= 11 is 0. The monoisotopic (exact) mass is 195 g/mol. The second kappa shape index (κ2) is 4.37. The van der Waals surface area contributed by atoms with E-state index in [-0.39, 0.29) is 0 Å². The Bertz CT molecular complexity index is 276. The van der Waals surface area contributed by atoms with Gasteiger partial charge in [0.25, 0.3) is 0 Å². The first kappa shape index (κ1) is 10.9. The van der Waals surface area contributed by atoms with E-state index < -0.39 is 5.60 Å². The third kappa shape index (κ3) is 4.18. The van der Waals surface area contributed by atoms with Crippen molar-refractivity contribution in [2.45, 2.75) is 32.8 Å². The molecule has 0 atom stereocenters. The number of nitrogens with one attached hydrogen (secondary N) is 1. The van der Waals surface area contributed by atoms with Gasteiger partial charge in [0.2, 0.25) is 0 Å². The fourth-order valence-electron chi connectivity index (χ4n) is 0.990. The Kier molecular flexibility index (Phi) is 3.41. The van der Waals surface area contributed by atoms with Crippen molar-refractivity contribution < 1.29 is 5.11 Å². The van der Waals surface area contributed by atoms with E-state index in [0.29, 0.717) is 13.0 Å². The smallest absolute Gasteiger partial charge is 0.148 e. The summed E-state index contributed by atoms with van der Waals surface area (Å²) in [5, 5.41) is 20.4. The third-order valence-corrected chi connectivity index (χ3v) is 1.84. The molecule has 0 fully saturated rings. The van der Waals surface area contributed by atoms with Gasteiger partial charge < -0.3 is 10.4 Å². The summed E-state index contributed by atoms with van der Waals surface area (Å²) in [5.41, 5.74) is 0.267. The topological polar surface area (TPSA) is 58.0 Å². The zero-order valence-electron chi connectivity index (χ0n) is 8.91. The predicted octanol–water partition coefficient (Wildman–Crippen LogP) is 1.36. The summed E-state index contributed by atoms with van der Waals surface area (Å²) in [6.07, 6.45) is 0.683. The summed E-state index contributed by atoms with van der Waals surface area (Å²) in [5.74, 6) is 0.750. The first-order valence-electron chi connectivity index (χ1n) is 4.74. The number of nitrogens with zero attached hydrogens (tertiary/aromatic N) is 2. The van der Waals surface area contributed by atoms with Crippen LogP contribution in [0.2, 0.25) is 0 Å². The molecule has 1 heterocycles. The lowest BCUT2D eigenvalue weighted by Crippen LogP contribution is -2.22. The average molecular weight is 195 g/mol. The molecule has 14 heavy (non-hydrogen) atoms. The number of hydrogen-bond acceptors (Lipinski definition) is 4. The van der Waals surface area contributed by atoms with E-state index in [9.17, 15) is 5.11 Å². The number of hydrogen-bond donors (Lipinski definition) is 2. The molecule has 0 amide bonds. The molecule has 4 nitrogen and oxygen atoms in total. The molecule has 1 aromatic rings. The van der Waals surface area contributed by atoms with Crippen LogP contribution in [0.1, 0.15) is 26.0 Å². The zero-order chi connectivity index (χ0) is 10.6.